The third kappa shape index (κ3) is 8.76. The largest absolute Gasteiger partial charge is 0.490 e. The van der Waals surface area contributed by atoms with Gasteiger partial charge in [-0.05, 0) is 22.9 Å². The molecule has 0 unspecified atom stereocenters. The number of morpholine rings is 2. The molecular formula is C24H36N2O6S2. The average molecular weight is 513 g/mol. The second kappa shape index (κ2) is 15.0. The maximum atomic E-state index is 5.93. The maximum absolute atomic E-state index is 5.93. The van der Waals surface area contributed by atoms with Crippen molar-refractivity contribution in [3.8, 4) is 11.5 Å². The first-order valence-corrected chi connectivity index (χ1v) is 13.8. The molecule has 2 aromatic rings. The molecule has 0 spiro atoms. The number of hydrogen-bond acceptors (Lipinski definition) is 10. The lowest BCUT2D eigenvalue weighted by Gasteiger charge is -2.26. The highest BCUT2D eigenvalue weighted by atomic mass is 32.1. The summed E-state index contributed by atoms with van der Waals surface area (Å²) in [6, 6.07) is 4.09. The van der Waals surface area contributed by atoms with E-state index in [9.17, 15) is 0 Å². The van der Waals surface area contributed by atoms with Crippen molar-refractivity contribution in [2.45, 2.75) is 13.1 Å². The maximum Gasteiger partial charge on any atom is 0.134 e. The molecule has 2 aromatic heterocycles. The fourth-order valence-electron chi connectivity index (χ4n) is 3.81. The summed E-state index contributed by atoms with van der Waals surface area (Å²) in [6.45, 7) is 12.3. The van der Waals surface area contributed by atoms with Crippen molar-refractivity contribution in [2.75, 3.05) is 92.2 Å². The van der Waals surface area contributed by atoms with E-state index in [2.05, 4.69) is 20.6 Å². The summed E-state index contributed by atoms with van der Waals surface area (Å²) >= 11 is 3.49. The van der Waals surface area contributed by atoms with Crippen LogP contribution < -0.4 is 9.47 Å². The van der Waals surface area contributed by atoms with Crippen LogP contribution in [0.15, 0.2) is 22.9 Å². The Labute approximate surface area is 210 Å². The smallest absolute Gasteiger partial charge is 0.134 e. The van der Waals surface area contributed by atoms with Gasteiger partial charge >= 0.3 is 0 Å². The van der Waals surface area contributed by atoms with Gasteiger partial charge < -0.3 is 28.4 Å². The van der Waals surface area contributed by atoms with Crippen molar-refractivity contribution in [2.24, 2.45) is 0 Å². The van der Waals surface area contributed by atoms with Crippen LogP contribution in [0.5, 0.6) is 11.5 Å². The number of ether oxygens (including phenoxy) is 6. The molecule has 0 aromatic carbocycles. The molecule has 34 heavy (non-hydrogen) atoms. The Hall–Kier alpha value is -1.24. The van der Waals surface area contributed by atoms with Crippen LogP contribution in [0.2, 0.25) is 0 Å². The van der Waals surface area contributed by atoms with E-state index < -0.39 is 0 Å². The third-order valence-electron chi connectivity index (χ3n) is 5.69. The van der Waals surface area contributed by atoms with Gasteiger partial charge in [-0.2, -0.15) is 0 Å². The monoisotopic (exact) mass is 512 g/mol. The molecule has 0 saturated carbocycles. The summed E-state index contributed by atoms with van der Waals surface area (Å²) in [5.41, 5.74) is 0. The van der Waals surface area contributed by atoms with E-state index in [4.69, 9.17) is 28.4 Å². The summed E-state index contributed by atoms with van der Waals surface area (Å²) in [4.78, 5) is 7.35. The molecule has 0 N–H and O–H groups in total. The van der Waals surface area contributed by atoms with Gasteiger partial charge in [0, 0.05) is 39.3 Å². The minimum atomic E-state index is 0.542. The van der Waals surface area contributed by atoms with Crippen LogP contribution in [0.25, 0.3) is 0 Å². The van der Waals surface area contributed by atoms with Gasteiger partial charge in [0.05, 0.1) is 62.6 Å². The molecule has 4 heterocycles. The third-order valence-corrected chi connectivity index (χ3v) is 7.47. The van der Waals surface area contributed by atoms with E-state index in [1.807, 2.05) is 12.1 Å². The van der Waals surface area contributed by atoms with Gasteiger partial charge in [0.1, 0.15) is 24.7 Å². The SMILES string of the molecule is c1cc(OCCOCCOCCOc2ccsc2CN2CCOCC2)c(CN2CCOCC2)s1. The number of rotatable bonds is 15. The van der Waals surface area contributed by atoms with Crippen molar-refractivity contribution < 1.29 is 28.4 Å². The molecule has 0 bridgehead atoms. The molecule has 2 aliphatic rings. The Morgan fingerprint density at radius 2 is 1.03 bits per heavy atom. The summed E-state index contributed by atoms with van der Waals surface area (Å²) in [5.74, 6) is 1.94. The minimum absolute atomic E-state index is 0.542. The van der Waals surface area contributed by atoms with Crippen LogP contribution in [0.1, 0.15) is 9.75 Å². The van der Waals surface area contributed by atoms with E-state index in [-0.39, 0.29) is 0 Å². The minimum Gasteiger partial charge on any atom is -0.490 e. The Kier molecular flexibility index (Phi) is 11.4. The molecule has 0 aliphatic carbocycles. The van der Waals surface area contributed by atoms with Crippen LogP contribution in [0.4, 0.5) is 0 Å². The van der Waals surface area contributed by atoms with Crippen molar-refractivity contribution in [3.05, 3.63) is 32.6 Å². The molecule has 190 valence electrons. The second-order valence-corrected chi connectivity index (χ2v) is 10.1. The normalized spacial score (nSPS) is 17.8. The molecule has 0 atom stereocenters. The first kappa shape index (κ1) is 25.8. The van der Waals surface area contributed by atoms with Crippen LogP contribution in [0, 0.1) is 0 Å². The standard InChI is InChI=1S/C24H36N2O6S2/c1-17-33-23(19-25-3-7-27-8-4-25)21(1)31-15-13-29-11-12-30-14-16-32-22-2-18-34-24(22)20-26-5-9-28-10-6-26/h1-2,17-18H,3-16,19-20H2. The molecule has 10 heteroatoms. The van der Waals surface area contributed by atoms with Gasteiger partial charge in [-0.15, -0.1) is 22.7 Å². The van der Waals surface area contributed by atoms with E-state index >= 15 is 0 Å². The first-order chi connectivity index (χ1) is 16.9. The van der Waals surface area contributed by atoms with Crippen molar-refractivity contribution >= 4 is 22.7 Å². The fraction of sp³-hybridized carbons (Fsp3) is 0.667. The van der Waals surface area contributed by atoms with Crippen LogP contribution in [-0.4, -0.2) is 102 Å². The predicted molar refractivity (Wildman–Crippen MR) is 133 cm³/mol. The zero-order valence-corrected chi connectivity index (χ0v) is 21.4. The fourth-order valence-corrected chi connectivity index (χ4v) is 5.53. The Bertz CT molecular complexity index is 739. The lowest BCUT2D eigenvalue weighted by Crippen LogP contribution is -2.35. The van der Waals surface area contributed by atoms with Gasteiger partial charge in [-0.3, -0.25) is 9.80 Å². The molecule has 4 rings (SSSR count). The van der Waals surface area contributed by atoms with E-state index in [1.54, 1.807) is 22.7 Å². The molecule has 2 saturated heterocycles. The summed E-state index contributed by atoms with van der Waals surface area (Å²) in [6.07, 6.45) is 0. The molecule has 2 fully saturated rings. The highest BCUT2D eigenvalue weighted by Crippen LogP contribution is 2.27. The lowest BCUT2D eigenvalue weighted by molar-refractivity contribution is 0.0258. The molecule has 2 aliphatic heterocycles. The van der Waals surface area contributed by atoms with Gasteiger partial charge in [0.2, 0.25) is 0 Å². The van der Waals surface area contributed by atoms with Gasteiger partial charge in [-0.25, -0.2) is 0 Å². The summed E-state index contributed by atoms with van der Waals surface area (Å²) in [7, 11) is 0. The van der Waals surface area contributed by atoms with E-state index in [0.29, 0.717) is 39.6 Å². The number of nitrogens with zero attached hydrogens (tertiary/aromatic N) is 2. The quantitative estimate of drug-likeness (QED) is 0.338. The molecular weight excluding hydrogens is 476 g/mol. The molecule has 0 amide bonds. The molecule has 0 radical (unpaired) electrons. The van der Waals surface area contributed by atoms with Crippen molar-refractivity contribution in [1.29, 1.82) is 0 Å². The topological polar surface area (TPSA) is 61.9 Å². The van der Waals surface area contributed by atoms with Gasteiger partial charge in [-0.1, -0.05) is 0 Å². The van der Waals surface area contributed by atoms with Crippen molar-refractivity contribution in [1.82, 2.24) is 9.80 Å². The Morgan fingerprint density at radius 1 is 0.618 bits per heavy atom. The van der Waals surface area contributed by atoms with Crippen LogP contribution >= 0.6 is 22.7 Å². The summed E-state index contributed by atoms with van der Waals surface area (Å²) in [5, 5.41) is 4.17. The Morgan fingerprint density at radius 3 is 1.47 bits per heavy atom. The second-order valence-electron chi connectivity index (χ2n) is 8.11. The van der Waals surface area contributed by atoms with Crippen LogP contribution in [-0.2, 0) is 32.0 Å². The summed E-state index contributed by atoms with van der Waals surface area (Å²) < 4.78 is 34.0. The van der Waals surface area contributed by atoms with Gasteiger partial charge in [0.15, 0.2) is 0 Å². The Balaban J connectivity index is 1.00. The zero-order chi connectivity index (χ0) is 23.3. The lowest BCUT2D eigenvalue weighted by atomic mass is 10.3. The zero-order valence-electron chi connectivity index (χ0n) is 19.8. The highest BCUT2D eigenvalue weighted by Gasteiger charge is 2.15. The van der Waals surface area contributed by atoms with E-state index in [1.165, 1.54) is 9.75 Å². The average Bonchev–Trinajstić information content (AvgIpc) is 3.51. The predicted octanol–water partition coefficient (Wildman–Crippen LogP) is 2.97. The van der Waals surface area contributed by atoms with E-state index in [0.717, 1.165) is 77.2 Å². The number of hydrogen-bond donors (Lipinski definition) is 0. The number of thiophene rings is 2. The highest BCUT2D eigenvalue weighted by molar-refractivity contribution is 7.10. The van der Waals surface area contributed by atoms with Gasteiger partial charge in [0.25, 0.3) is 0 Å². The van der Waals surface area contributed by atoms with Crippen molar-refractivity contribution in [3.63, 3.8) is 0 Å². The first-order valence-electron chi connectivity index (χ1n) is 12.0. The molecule has 8 nitrogen and oxygen atoms in total. The van der Waals surface area contributed by atoms with Crippen LogP contribution in [0.3, 0.4) is 0 Å².